The van der Waals surface area contributed by atoms with Crippen molar-refractivity contribution in [2.45, 2.75) is 83.9 Å². The summed E-state index contributed by atoms with van der Waals surface area (Å²) in [4.78, 5) is 27.5. The Morgan fingerprint density at radius 2 is 1.76 bits per heavy atom. The van der Waals surface area contributed by atoms with Gasteiger partial charge < -0.3 is 14.2 Å². The number of hydrogen-bond donors (Lipinski definition) is 0. The summed E-state index contributed by atoms with van der Waals surface area (Å²) in [6, 6.07) is 11.0. The third-order valence-electron chi connectivity index (χ3n) is 8.77. The fraction of sp³-hybridized carbons (Fsp3) is 0.515. The zero-order valence-corrected chi connectivity index (χ0v) is 25.3. The first kappa shape index (κ1) is 30.0. The summed E-state index contributed by atoms with van der Waals surface area (Å²) in [6.45, 7) is 8.56. The van der Waals surface area contributed by atoms with Crippen molar-refractivity contribution in [1.29, 1.82) is 0 Å². The van der Waals surface area contributed by atoms with Crippen LogP contribution in [0, 0.1) is 12.3 Å². The topological polar surface area (TPSA) is 70.0 Å². The molecule has 0 bridgehead atoms. The maximum absolute atomic E-state index is 14.5. The van der Waals surface area contributed by atoms with Gasteiger partial charge in [0.2, 0.25) is 5.92 Å². The highest BCUT2D eigenvalue weighted by Gasteiger charge is 2.52. The number of ether oxygens (including phenoxy) is 3. The van der Waals surface area contributed by atoms with Crippen LogP contribution in [0.5, 0.6) is 5.75 Å². The van der Waals surface area contributed by atoms with E-state index in [2.05, 4.69) is 4.90 Å². The Hall–Kier alpha value is -3.46. The summed E-state index contributed by atoms with van der Waals surface area (Å²) in [6.07, 6.45) is 2.87. The lowest BCUT2D eigenvalue weighted by Crippen LogP contribution is -2.41. The molecule has 1 saturated heterocycles. The Bertz CT molecular complexity index is 1490. The number of methoxy groups -OCH3 is 2. The normalized spacial score (nSPS) is 22.4. The minimum atomic E-state index is -2.64. The zero-order chi connectivity index (χ0) is 30.4. The summed E-state index contributed by atoms with van der Waals surface area (Å²) in [5, 5.41) is 0.880. The van der Waals surface area contributed by atoms with E-state index in [1.54, 1.807) is 25.4 Å². The number of benzene rings is 2. The number of hydrogen-bond acceptors (Lipinski definition) is 6. The van der Waals surface area contributed by atoms with E-state index >= 15 is 0 Å². The van der Waals surface area contributed by atoms with Gasteiger partial charge in [-0.05, 0) is 94.3 Å². The van der Waals surface area contributed by atoms with Gasteiger partial charge in [-0.3, -0.25) is 9.47 Å². The number of esters is 1. The molecule has 0 unspecified atom stereocenters. The second-order valence-electron chi connectivity index (χ2n) is 12.9. The molecule has 226 valence electrons. The molecule has 1 spiro atoms. The van der Waals surface area contributed by atoms with Gasteiger partial charge in [0.25, 0.3) is 0 Å². The number of aryl methyl sites for hydroxylation is 1. The van der Waals surface area contributed by atoms with Crippen LogP contribution >= 0.6 is 0 Å². The van der Waals surface area contributed by atoms with Crippen molar-refractivity contribution in [3.8, 4) is 5.75 Å². The maximum atomic E-state index is 14.5. The smallest absolute Gasteiger partial charge is 0.419 e. The van der Waals surface area contributed by atoms with E-state index in [4.69, 9.17) is 14.2 Å². The van der Waals surface area contributed by atoms with Gasteiger partial charge in [-0.2, -0.15) is 0 Å². The quantitative estimate of drug-likeness (QED) is 0.288. The summed E-state index contributed by atoms with van der Waals surface area (Å²) >= 11 is 0. The molecular formula is C33H40F2N2O5. The standard InChI is InChI=1S/C33H40F2N2O5/c1-21-17-27(40-5)25(24-11-15-37(28(21)24)30(39)42-31(2,3)4)19-36-16-14-32(12-13-33(34,35)20-32)18-26(36)22-7-9-23(10-8-22)29(38)41-6/h7-11,15,17,26H,12-14,16,18-20H2,1-6H3/t26-,32-/m1/s1. The third kappa shape index (κ3) is 5.89. The summed E-state index contributed by atoms with van der Waals surface area (Å²) in [5.41, 5.74) is 2.88. The molecule has 0 radical (unpaired) electrons. The number of carbonyl (C=O) groups is 2. The first-order valence-electron chi connectivity index (χ1n) is 14.5. The van der Waals surface area contributed by atoms with Crippen LogP contribution < -0.4 is 4.74 Å². The highest BCUT2D eigenvalue weighted by Crippen LogP contribution is 2.56. The molecule has 2 aliphatic rings. The lowest BCUT2D eigenvalue weighted by atomic mass is 9.72. The minimum Gasteiger partial charge on any atom is -0.496 e. The van der Waals surface area contributed by atoms with Crippen molar-refractivity contribution in [1.82, 2.24) is 9.47 Å². The first-order valence-corrected chi connectivity index (χ1v) is 14.5. The molecule has 7 nitrogen and oxygen atoms in total. The van der Waals surface area contributed by atoms with Crippen LogP contribution in [0.4, 0.5) is 13.6 Å². The molecule has 1 aromatic heterocycles. The monoisotopic (exact) mass is 582 g/mol. The highest BCUT2D eigenvalue weighted by molar-refractivity contribution is 5.95. The van der Waals surface area contributed by atoms with Gasteiger partial charge in [0.15, 0.2) is 0 Å². The maximum Gasteiger partial charge on any atom is 0.419 e. The molecule has 1 saturated carbocycles. The molecule has 42 heavy (non-hydrogen) atoms. The Kier molecular flexibility index (Phi) is 7.85. The number of likely N-dealkylation sites (tertiary alicyclic amines) is 1. The molecule has 3 aromatic rings. The number of halogens is 2. The summed E-state index contributed by atoms with van der Waals surface area (Å²) < 4.78 is 46.9. The van der Waals surface area contributed by atoms with Gasteiger partial charge in [0.1, 0.15) is 11.4 Å². The first-order chi connectivity index (χ1) is 19.7. The van der Waals surface area contributed by atoms with Crippen LogP contribution in [0.3, 0.4) is 0 Å². The summed E-state index contributed by atoms with van der Waals surface area (Å²) in [7, 11) is 2.97. The molecule has 0 amide bonds. The minimum absolute atomic E-state index is 0.0778. The van der Waals surface area contributed by atoms with Crippen LogP contribution in [-0.4, -0.2) is 53.8 Å². The van der Waals surface area contributed by atoms with E-state index in [-0.39, 0.29) is 18.9 Å². The number of carbonyl (C=O) groups excluding carboxylic acids is 2. The fourth-order valence-corrected chi connectivity index (χ4v) is 6.79. The van der Waals surface area contributed by atoms with Crippen molar-refractivity contribution in [3.63, 3.8) is 0 Å². The molecule has 2 aromatic carbocycles. The number of nitrogens with zero attached hydrogens (tertiary/aromatic N) is 2. The van der Waals surface area contributed by atoms with E-state index in [1.165, 1.54) is 11.7 Å². The molecule has 1 aliphatic heterocycles. The lowest BCUT2D eigenvalue weighted by Gasteiger charge is -2.45. The van der Waals surface area contributed by atoms with Crippen LogP contribution in [-0.2, 0) is 16.0 Å². The molecule has 5 rings (SSSR count). The SMILES string of the molecule is COC(=O)c1ccc([C@H]2C[C@]3(CCN2Cc2c(OC)cc(C)c4c2ccn4C(=O)OC(C)(C)C)CCC(F)(F)C3)cc1. The Labute approximate surface area is 245 Å². The molecule has 2 atom stereocenters. The average Bonchev–Trinajstić information content (AvgIpc) is 3.51. The van der Waals surface area contributed by atoms with Gasteiger partial charge >= 0.3 is 12.1 Å². The highest BCUT2D eigenvalue weighted by atomic mass is 19.3. The number of fused-ring (bicyclic) bond motifs is 1. The van der Waals surface area contributed by atoms with E-state index in [1.807, 2.05) is 52.0 Å². The average molecular weight is 583 g/mol. The van der Waals surface area contributed by atoms with E-state index in [0.717, 1.165) is 27.6 Å². The van der Waals surface area contributed by atoms with Gasteiger partial charge in [-0.15, -0.1) is 0 Å². The second kappa shape index (κ2) is 11.0. The fourth-order valence-electron chi connectivity index (χ4n) is 6.79. The van der Waals surface area contributed by atoms with Gasteiger partial charge in [-0.25, -0.2) is 18.4 Å². The molecule has 2 fully saturated rings. The molecular weight excluding hydrogens is 542 g/mol. The molecule has 2 heterocycles. The van der Waals surface area contributed by atoms with Crippen molar-refractivity contribution in [2.75, 3.05) is 20.8 Å². The van der Waals surface area contributed by atoms with Gasteiger partial charge in [0.05, 0.1) is 25.3 Å². The lowest BCUT2D eigenvalue weighted by molar-refractivity contribution is -0.0235. The van der Waals surface area contributed by atoms with E-state index in [9.17, 15) is 18.4 Å². The Morgan fingerprint density at radius 1 is 1.05 bits per heavy atom. The van der Waals surface area contributed by atoms with Crippen molar-refractivity contribution in [3.05, 3.63) is 64.8 Å². The molecule has 9 heteroatoms. The van der Waals surface area contributed by atoms with Crippen LogP contribution in [0.1, 0.15) is 86.0 Å². The molecule has 1 aliphatic carbocycles. The van der Waals surface area contributed by atoms with Gasteiger partial charge in [-0.1, -0.05) is 12.1 Å². The van der Waals surface area contributed by atoms with Crippen molar-refractivity contribution < 1.29 is 32.6 Å². The zero-order valence-electron chi connectivity index (χ0n) is 25.3. The number of rotatable bonds is 5. The van der Waals surface area contributed by atoms with Crippen molar-refractivity contribution in [2.24, 2.45) is 5.41 Å². The Balaban J connectivity index is 1.54. The summed E-state index contributed by atoms with van der Waals surface area (Å²) in [5.74, 6) is -2.36. The van der Waals surface area contributed by atoms with E-state index < -0.39 is 29.0 Å². The third-order valence-corrected chi connectivity index (χ3v) is 8.77. The number of piperidine rings is 1. The van der Waals surface area contributed by atoms with Crippen LogP contribution in [0.25, 0.3) is 10.9 Å². The predicted octanol–water partition coefficient (Wildman–Crippen LogP) is 7.67. The number of alkyl halides is 2. The Morgan fingerprint density at radius 3 is 2.36 bits per heavy atom. The van der Waals surface area contributed by atoms with Gasteiger partial charge in [0, 0.05) is 42.6 Å². The van der Waals surface area contributed by atoms with Crippen LogP contribution in [0.2, 0.25) is 0 Å². The second-order valence-corrected chi connectivity index (χ2v) is 12.9. The van der Waals surface area contributed by atoms with Crippen LogP contribution in [0.15, 0.2) is 42.6 Å². The predicted molar refractivity (Wildman–Crippen MR) is 156 cm³/mol. The number of aromatic nitrogens is 1. The molecule has 0 N–H and O–H groups in total. The van der Waals surface area contributed by atoms with Crippen molar-refractivity contribution >= 4 is 23.0 Å². The largest absolute Gasteiger partial charge is 0.496 e. The van der Waals surface area contributed by atoms with E-state index in [0.29, 0.717) is 43.7 Å².